The van der Waals surface area contributed by atoms with Gasteiger partial charge in [-0.15, -0.1) is 6.58 Å². The molecule has 1 aromatic rings. The van der Waals surface area contributed by atoms with E-state index in [0.717, 1.165) is 30.7 Å². The number of hydrogen-bond acceptors (Lipinski definition) is 4. The Kier molecular flexibility index (Phi) is 6.94. The van der Waals surface area contributed by atoms with E-state index in [2.05, 4.69) is 18.8 Å². The highest BCUT2D eigenvalue weighted by Gasteiger charge is 2.21. The minimum atomic E-state index is 0.202. The summed E-state index contributed by atoms with van der Waals surface area (Å²) in [4.78, 5) is 0. The number of benzene rings is 1. The van der Waals surface area contributed by atoms with Crippen molar-refractivity contribution in [3.63, 3.8) is 0 Å². The monoisotopic (exact) mass is 279 g/mol. The van der Waals surface area contributed by atoms with Crippen molar-refractivity contribution in [3.8, 4) is 17.2 Å². The Labute approximate surface area is 121 Å². The number of hydrogen-bond donors (Lipinski definition) is 1. The second-order valence-corrected chi connectivity index (χ2v) is 4.40. The molecule has 4 nitrogen and oxygen atoms in total. The molecule has 0 saturated heterocycles. The average molecular weight is 279 g/mol. The van der Waals surface area contributed by atoms with Crippen LogP contribution in [0.4, 0.5) is 0 Å². The maximum Gasteiger partial charge on any atom is 0.203 e. The van der Waals surface area contributed by atoms with E-state index in [-0.39, 0.29) is 6.04 Å². The molecular weight excluding hydrogens is 254 g/mol. The van der Waals surface area contributed by atoms with E-state index < -0.39 is 0 Å². The summed E-state index contributed by atoms with van der Waals surface area (Å²) in [5.74, 6) is 2.03. The normalized spacial score (nSPS) is 11.8. The van der Waals surface area contributed by atoms with Gasteiger partial charge >= 0.3 is 0 Å². The molecule has 1 rings (SSSR count). The SMILES string of the molecule is C=CCCC(NCC)c1ccc(OC)c(OC)c1OC. The second kappa shape index (κ2) is 8.48. The summed E-state index contributed by atoms with van der Waals surface area (Å²) in [5, 5.41) is 3.47. The fourth-order valence-electron chi connectivity index (χ4n) is 2.30. The topological polar surface area (TPSA) is 39.7 Å². The predicted octanol–water partition coefficient (Wildman–Crippen LogP) is 3.33. The minimum absolute atomic E-state index is 0.202. The van der Waals surface area contributed by atoms with Crippen molar-refractivity contribution < 1.29 is 14.2 Å². The zero-order valence-corrected chi connectivity index (χ0v) is 12.9. The zero-order valence-electron chi connectivity index (χ0n) is 12.9. The fourth-order valence-corrected chi connectivity index (χ4v) is 2.30. The summed E-state index contributed by atoms with van der Waals surface area (Å²) < 4.78 is 16.3. The van der Waals surface area contributed by atoms with E-state index >= 15 is 0 Å². The van der Waals surface area contributed by atoms with Crippen molar-refractivity contribution in [3.05, 3.63) is 30.4 Å². The molecular formula is C16H25NO3. The van der Waals surface area contributed by atoms with Crippen LogP contribution in [0.1, 0.15) is 31.4 Å². The Hall–Kier alpha value is -1.68. The molecule has 0 aliphatic heterocycles. The molecule has 20 heavy (non-hydrogen) atoms. The van der Waals surface area contributed by atoms with E-state index in [4.69, 9.17) is 14.2 Å². The average Bonchev–Trinajstić information content (AvgIpc) is 2.49. The van der Waals surface area contributed by atoms with Crippen molar-refractivity contribution in [2.75, 3.05) is 27.9 Å². The first kappa shape index (κ1) is 16.4. The van der Waals surface area contributed by atoms with Gasteiger partial charge in [0.15, 0.2) is 11.5 Å². The maximum atomic E-state index is 5.55. The van der Waals surface area contributed by atoms with Gasteiger partial charge in [-0.3, -0.25) is 0 Å². The van der Waals surface area contributed by atoms with Crippen LogP contribution in [0.5, 0.6) is 17.2 Å². The molecule has 0 heterocycles. The Morgan fingerprint density at radius 1 is 1.15 bits per heavy atom. The van der Waals surface area contributed by atoms with E-state index in [9.17, 15) is 0 Å². The zero-order chi connectivity index (χ0) is 15.0. The van der Waals surface area contributed by atoms with Crippen molar-refractivity contribution in [1.82, 2.24) is 5.32 Å². The summed E-state index contributed by atoms with van der Waals surface area (Å²) in [6, 6.07) is 4.14. The van der Waals surface area contributed by atoms with E-state index in [0.29, 0.717) is 11.5 Å². The van der Waals surface area contributed by atoms with E-state index in [1.807, 2.05) is 18.2 Å². The Balaban J connectivity index is 3.22. The number of allylic oxidation sites excluding steroid dienone is 1. The molecule has 0 fully saturated rings. The number of ether oxygens (including phenoxy) is 3. The van der Waals surface area contributed by atoms with Crippen LogP contribution in [0.15, 0.2) is 24.8 Å². The van der Waals surface area contributed by atoms with E-state index in [1.54, 1.807) is 21.3 Å². The van der Waals surface area contributed by atoms with Gasteiger partial charge in [0.1, 0.15) is 0 Å². The van der Waals surface area contributed by atoms with Crippen molar-refractivity contribution in [1.29, 1.82) is 0 Å². The van der Waals surface area contributed by atoms with E-state index in [1.165, 1.54) is 0 Å². The van der Waals surface area contributed by atoms with Crippen LogP contribution in [0.25, 0.3) is 0 Å². The first-order chi connectivity index (χ1) is 9.73. The third-order valence-electron chi connectivity index (χ3n) is 3.22. The van der Waals surface area contributed by atoms with Crippen molar-refractivity contribution in [2.24, 2.45) is 0 Å². The van der Waals surface area contributed by atoms with Crippen molar-refractivity contribution >= 4 is 0 Å². The third-order valence-corrected chi connectivity index (χ3v) is 3.22. The Bertz CT molecular complexity index is 432. The smallest absolute Gasteiger partial charge is 0.203 e. The Morgan fingerprint density at radius 3 is 2.35 bits per heavy atom. The first-order valence-corrected chi connectivity index (χ1v) is 6.86. The lowest BCUT2D eigenvalue weighted by molar-refractivity contribution is 0.318. The number of nitrogens with one attached hydrogen (secondary N) is 1. The molecule has 1 N–H and O–H groups in total. The molecule has 0 saturated carbocycles. The van der Waals surface area contributed by atoms with Gasteiger partial charge in [0.2, 0.25) is 5.75 Å². The summed E-state index contributed by atoms with van der Waals surface area (Å²) in [5.41, 5.74) is 1.08. The molecule has 0 aliphatic carbocycles. The van der Waals surface area contributed by atoms with Gasteiger partial charge in [-0.05, 0) is 31.5 Å². The largest absolute Gasteiger partial charge is 0.493 e. The van der Waals surface area contributed by atoms with Gasteiger partial charge in [0, 0.05) is 11.6 Å². The molecule has 112 valence electrons. The summed E-state index contributed by atoms with van der Waals surface area (Å²) in [7, 11) is 4.89. The molecule has 0 bridgehead atoms. The molecule has 0 radical (unpaired) electrons. The van der Waals surface area contributed by atoms with Crippen LogP contribution in [0, 0.1) is 0 Å². The molecule has 1 unspecified atom stereocenters. The van der Waals surface area contributed by atoms with Gasteiger partial charge in [-0.25, -0.2) is 0 Å². The molecule has 1 atom stereocenters. The molecule has 4 heteroatoms. The summed E-state index contributed by atoms with van der Waals surface area (Å²) in [6.45, 7) is 6.77. The second-order valence-electron chi connectivity index (χ2n) is 4.40. The predicted molar refractivity (Wildman–Crippen MR) is 81.9 cm³/mol. The van der Waals surface area contributed by atoms with Crippen LogP contribution in [-0.2, 0) is 0 Å². The summed E-state index contributed by atoms with van der Waals surface area (Å²) >= 11 is 0. The van der Waals surface area contributed by atoms with Gasteiger partial charge in [0.05, 0.1) is 21.3 Å². The third kappa shape index (κ3) is 3.67. The number of rotatable bonds is 9. The molecule has 0 aliphatic rings. The standard InChI is InChI=1S/C16H25NO3/c1-6-8-9-13(17-7-2)12-10-11-14(18-3)16(20-5)15(12)19-4/h6,10-11,13,17H,1,7-9H2,2-5H3. The molecule has 0 spiro atoms. The first-order valence-electron chi connectivity index (χ1n) is 6.86. The van der Waals surface area contributed by atoms with Gasteiger partial charge in [-0.2, -0.15) is 0 Å². The lowest BCUT2D eigenvalue weighted by Crippen LogP contribution is -2.21. The van der Waals surface area contributed by atoms with Crippen molar-refractivity contribution in [2.45, 2.75) is 25.8 Å². The highest BCUT2D eigenvalue weighted by atomic mass is 16.5. The number of methoxy groups -OCH3 is 3. The lowest BCUT2D eigenvalue weighted by Gasteiger charge is -2.22. The highest BCUT2D eigenvalue weighted by Crippen LogP contribution is 2.42. The van der Waals surface area contributed by atoms with Gasteiger partial charge in [-0.1, -0.05) is 13.0 Å². The molecule has 1 aromatic carbocycles. The quantitative estimate of drug-likeness (QED) is 0.704. The van der Waals surface area contributed by atoms with Crippen LogP contribution in [0.2, 0.25) is 0 Å². The minimum Gasteiger partial charge on any atom is -0.493 e. The molecule has 0 amide bonds. The van der Waals surface area contributed by atoms with Gasteiger partial charge < -0.3 is 19.5 Å². The fraction of sp³-hybridized carbons (Fsp3) is 0.500. The highest BCUT2D eigenvalue weighted by molar-refractivity contribution is 5.56. The Morgan fingerprint density at radius 2 is 1.85 bits per heavy atom. The van der Waals surface area contributed by atoms with Crippen LogP contribution >= 0.6 is 0 Å². The van der Waals surface area contributed by atoms with Gasteiger partial charge in [0.25, 0.3) is 0 Å². The summed E-state index contributed by atoms with van der Waals surface area (Å²) in [6.07, 6.45) is 3.83. The van der Waals surface area contributed by atoms with Crippen LogP contribution < -0.4 is 19.5 Å². The maximum absolute atomic E-state index is 5.55. The molecule has 0 aromatic heterocycles. The lowest BCUT2D eigenvalue weighted by atomic mass is 10.00. The van der Waals surface area contributed by atoms with Crippen LogP contribution in [0.3, 0.4) is 0 Å². The van der Waals surface area contributed by atoms with Crippen LogP contribution in [-0.4, -0.2) is 27.9 Å².